The van der Waals surface area contributed by atoms with Crippen molar-refractivity contribution < 1.29 is 14.7 Å². The van der Waals surface area contributed by atoms with Gasteiger partial charge in [0.1, 0.15) is 11.8 Å². The fraction of sp³-hybridized carbons (Fsp3) is 0.222. The fourth-order valence-electron chi connectivity index (χ4n) is 2.74. The van der Waals surface area contributed by atoms with E-state index in [1.807, 2.05) is 31.2 Å². The molecule has 1 fully saturated rings. The van der Waals surface area contributed by atoms with Gasteiger partial charge in [-0.2, -0.15) is 0 Å². The zero-order valence-corrected chi connectivity index (χ0v) is 13.0. The van der Waals surface area contributed by atoms with E-state index in [-0.39, 0.29) is 24.0 Å². The standard InChI is InChI=1S/C18H18N2O3/c1-11-3-5-13(6-4-11)19-15-10-17(22)20(18(15)23)16-8-7-14(21)9-12(16)2/h3-9,15,19,21H,10H2,1-2H3. The molecule has 0 aliphatic carbocycles. The maximum absolute atomic E-state index is 12.6. The van der Waals surface area contributed by atoms with E-state index < -0.39 is 6.04 Å². The number of rotatable bonds is 3. The molecule has 1 unspecified atom stereocenters. The molecule has 0 spiro atoms. The lowest BCUT2D eigenvalue weighted by Crippen LogP contribution is -2.35. The number of aromatic hydroxyl groups is 1. The third kappa shape index (κ3) is 2.90. The lowest BCUT2D eigenvalue weighted by molar-refractivity contribution is -0.121. The number of amides is 2. The van der Waals surface area contributed by atoms with Gasteiger partial charge in [-0.1, -0.05) is 17.7 Å². The van der Waals surface area contributed by atoms with E-state index >= 15 is 0 Å². The normalized spacial score (nSPS) is 17.7. The third-order valence-corrected chi connectivity index (χ3v) is 3.96. The molecule has 1 heterocycles. The number of nitrogens with one attached hydrogen (secondary N) is 1. The number of anilines is 2. The van der Waals surface area contributed by atoms with Gasteiger partial charge >= 0.3 is 0 Å². The molecule has 0 radical (unpaired) electrons. The van der Waals surface area contributed by atoms with Gasteiger partial charge in [-0.3, -0.25) is 9.59 Å². The molecule has 118 valence electrons. The van der Waals surface area contributed by atoms with Crippen LogP contribution in [0.4, 0.5) is 11.4 Å². The Morgan fingerprint density at radius 1 is 1.09 bits per heavy atom. The Bertz CT molecular complexity index is 768. The van der Waals surface area contributed by atoms with Crippen LogP contribution in [0.3, 0.4) is 0 Å². The molecule has 0 saturated carbocycles. The first-order valence-corrected chi connectivity index (χ1v) is 7.45. The van der Waals surface area contributed by atoms with Crippen molar-refractivity contribution in [1.29, 1.82) is 0 Å². The van der Waals surface area contributed by atoms with Crippen LogP contribution < -0.4 is 10.2 Å². The molecule has 2 amide bonds. The second-order valence-corrected chi connectivity index (χ2v) is 5.81. The average molecular weight is 310 g/mol. The van der Waals surface area contributed by atoms with E-state index in [0.717, 1.165) is 11.3 Å². The van der Waals surface area contributed by atoms with E-state index in [2.05, 4.69) is 5.32 Å². The SMILES string of the molecule is Cc1ccc(NC2CC(=O)N(c3ccc(O)cc3C)C2=O)cc1. The summed E-state index contributed by atoms with van der Waals surface area (Å²) in [5.41, 5.74) is 3.14. The Hall–Kier alpha value is -2.82. The predicted octanol–water partition coefficient (Wildman–Crippen LogP) is 2.75. The van der Waals surface area contributed by atoms with E-state index in [1.165, 1.54) is 17.0 Å². The number of benzene rings is 2. The van der Waals surface area contributed by atoms with Crippen LogP contribution in [0.2, 0.25) is 0 Å². The van der Waals surface area contributed by atoms with Gasteiger partial charge in [0.15, 0.2) is 0 Å². The summed E-state index contributed by atoms with van der Waals surface area (Å²) >= 11 is 0. The fourth-order valence-corrected chi connectivity index (χ4v) is 2.74. The van der Waals surface area contributed by atoms with Crippen LogP contribution in [-0.4, -0.2) is 23.0 Å². The van der Waals surface area contributed by atoms with Crippen LogP contribution in [-0.2, 0) is 9.59 Å². The van der Waals surface area contributed by atoms with Crippen molar-refractivity contribution in [1.82, 2.24) is 0 Å². The van der Waals surface area contributed by atoms with Gasteiger partial charge in [-0.05, 0) is 49.7 Å². The highest BCUT2D eigenvalue weighted by Gasteiger charge is 2.40. The van der Waals surface area contributed by atoms with E-state index in [1.54, 1.807) is 13.0 Å². The van der Waals surface area contributed by atoms with E-state index in [9.17, 15) is 14.7 Å². The molecule has 23 heavy (non-hydrogen) atoms. The molecule has 2 N–H and O–H groups in total. The molecule has 2 aromatic rings. The van der Waals surface area contributed by atoms with Gasteiger partial charge in [0.05, 0.1) is 12.1 Å². The van der Waals surface area contributed by atoms with Gasteiger partial charge in [-0.25, -0.2) is 4.90 Å². The van der Waals surface area contributed by atoms with Crippen molar-refractivity contribution in [3.05, 3.63) is 53.6 Å². The van der Waals surface area contributed by atoms with Crippen LogP contribution in [0.15, 0.2) is 42.5 Å². The monoisotopic (exact) mass is 310 g/mol. The minimum atomic E-state index is -0.571. The Kier molecular flexibility index (Phi) is 3.78. The second-order valence-electron chi connectivity index (χ2n) is 5.81. The highest BCUT2D eigenvalue weighted by atomic mass is 16.3. The van der Waals surface area contributed by atoms with Gasteiger partial charge in [-0.15, -0.1) is 0 Å². The maximum Gasteiger partial charge on any atom is 0.256 e. The Labute approximate surface area is 134 Å². The van der Waals surface area contributed by atoms with Crippen LogP contribution in [0.25, 0.3) is 0 Å². The molecule has 1 aliphatic rings. The average Bonchev–Trinajstić information content (AvgIpc) is 2.77. The lowest BCUT2D eigenvalue weighted by Gasteiger charge is -2.18. The van der Waals surface area contributed by atoms with Gasteiger partial charge in [0, 0.05) is 5.69 Å². The molecular formula is C18H18N2O3. The summed E-state index contributed by atoms with van der Waals surface area (Å²) in [6, 6.07) is 11.7. The quantitative estimate of drug-likeness (QED) is 0.855. The number of phenols is 1. The van der Waals surface area contributed by atoms with E-state index in [4.69, 9.17) is 0 Å². The van der Waals surface area contributed by atoms with E-state index in [0.29, 0.717) is 11.3 Å². The first-order chi connectivity index (χ1) is 11.0. The third-order valence-electron chi connectivity index (χ3n) is 3.96. The molecule has 0 aromatic heterocycles. The van der Waals surface area contributed by atoms with Crippen molar-refractivity contribution in [2.75, 3.05) is 10.2 Å². The minimum absolute atomic E-state index is 0.111. The molecule has 5 heteroatoms. The predicted molar refractivity (Wildman–Crippen MR) is 88.5 cm³/mol. The highest BCUT2D eigenvalue weighted by molar-refractivity contribution is 6.23. The summed E-state index contributed by atoms with van der Waals surface area (Å²) < 4.78 is 0. The summed E-state index contributed by atoms with van der Waals surface area (Å²) in [6.45, 7) is 3.75. The van der Waals surface area contributed by atoms with Crippen LogP contribution in [0.1, 0.15) is 17.5 Å². The number of carbonyl (C=O) groups excluding carboxylic acids is 2. The summed E-state index contributed by atoms with van der Waals surface area (Å²) in [5.74, 6) is -0.405. The van der Waals surface area contributed by atoms with Crippen molar-refractivity contribution in [2.24, 2.45) is 0 Å². The van der Waals surface area contributed by atoms with Crippen LogP contribution >= 0.6 is 0 Å². The number of phenolic OH excluding ortho intramolecular Hbond substituents is 1. The number of imide groups is 1. The number of carbonyl (C=O) groups is 2. The number of nitrogens with zero attached hydrogens (tertiary/aromatic N) is 1. The van der Waals surface area contributed by atoms with Crippen molar-refractivity contribution >= 4 is 23.2 Å². The smallest absolute Gasteiger partial charge is 0.256 e. The first-order valence-electron chi connectivity index (χ1n) is 7.45. The van der Waals surface area contributed by atoms with Crippen LogP contribution in [0, 0.1) is 13.8 Å². The zero-order chi connectivity index (χ0) is 16.6. The van der Waals surface area contributed by atoms with Gasteiger partial charge < -0.3 is 10.4 Å². The summed E-state index contributed by atoms with van der Waals surface area (Å²) in [5, 5.41) is 12.6. The molecule has 3 rings (SSSR count). The number of hydrogen-bond acceptors (Lipinski definition) is 4. The second kappa shape index (κ2) is 5.76. The lowest BCUT2D eigenvalue weighted by atomic mass is 10.1. The minimum Gasteiger partial charge on any atom is -0.508 e. The first kappa shape index (κ1) is 15.1. The van der Waals surface area contributed by atoms with Gasteiger partial charge in [0.2, 0.25) is 5.91 Å². The Morgan fingerprint density at radius 3 is 2.43 bits per heavy atom. The zero-order valence-electron chi connectivity index (χ0n) is 13.0. The van der Waals surface area contributed by atoms with Crippen molar-refractivity contribution in [3.8, 4) is 5.75 Å². The summed E-state index contributed by atoms with van der Waals surface area (Å²) in [7, 11) is 0. The summed E-state index contributed by atoms with van der Waals surface area (Å²) in [4.78, 5) is 26.1. The molecule has 1 saturated heterocycles. The molecule has 1 aliphatic heterocycles. The molecule has 1 atom stereocenters. The Balaban J connectivity index is 1.83. The maximum atomic E-state index is 12.6. The van der Waals surface area contributed by atoms with Gasteiger partial charge in [0.25, 0.3) is 5.91 Å². The summed E-state index contributed by atoms with van der Waals surface area (Å²) in [6.07, 6.45) is 0.118. The van der Waals surface area contributed by atoms with Crippen molar-refractivity contribution in [3.63, 3.8) is 0 Å². The molecule has 2 aromatic carbocycles. The van der Waals surface area contributed by atoms with Crippen LogP contribution in [0.5, 0.6) is 5.75 Å². The Morgan fingerprint density at radius 2 is 1.78 bits per heavy atom. The molecule has 5 nitrogen and oxygen atoms in total. The highest BCUT2D eigenvalue weighted by Crippen LogP contribution is 2.29. The van der Waals surface area contributed by atoms with Crippen molar-refractivity contribution in [2.45, 2.75) is 26.3 Å². The number of hydrogen-bond donors (Lipinski definition) is 2. The number of aryl methyl sites for hydroxylation is 2. The topological polar surface area (TPSA) is 69.6 Å². The largest absolute Gasteiger partial charge is 0.508 e. The molecule has 0 bridgehead atoms. The molecular weight excluding hydrogens is 292 g/mol.